The predicted octanol–water partition coefficient (Wildman–Crippen LogP) is 5.21. The normalized spacial score (nSPS) is 15.8. The molecule has 8 heteroatoms. The maximum absolute atomic E-state index is 12.6. The molecule has 2 aromatic heterocycles. The van der Waals surface area contributed by atoms with Gasteiger partial charge in [0.25, 0.3) is 0 Å². The number of aromatic amines is 1. The van der Waals surface area contributed by atoms with Crippen LogP contribution in [0, 0.1) is 22.7 Å². The number of amides is 1. The zero-order valence-corrected chi connectivity index (χ0v) is 20.2. The Bertz CT molecular complexity index is 1140. The van der Waals surface area contributed by atoms with Gasteiger partial charge in [0.15, 0.2) is 0 Å². The number of benzene rings is 1. The summed E-state index contributed by atoms with van der Waals surface area (Å²) in [7, 11) is 0. The SMILES string of the molecule is CC(C)(C)[C@@H]1CCc2c(sc(NC(=O)CSc3n[nH]c(Cc4ccccc4)n3)c2C#N)C1. The highest BCUT2D eigenvalue weighted by molar-refractivity contribution is 7.99. The summed E-state index contributed by atoms with van der Waals surface area (Å²) in [6, 6.07) is 12.4. The van der Waals surface area contributed by atoms with Crippen LogP contribution in [0.5, 0.6) is 0 Å². The Labute approximate surface area is 196 Å². The van der Waals surface area contributed by atoms with Gasteiger partial charge >= 0.3 is 0 Å². The molecule has 3 aromatic rings. The van der Waals surface area contributed by atoms with Crippen molar-refractivity contribution in [3.63, 3.8) is 0 Å². The molecule has 0 saturated heterocycles. The van der Waals surface area contributed by atoms with Crippen LogP contribution < -0.4 is 5.32 Å². The molecule has 0 fully saturated rings. The molecular weight excluding hydrogens is 438 g/mol. The summed E-state index contributed by atoms with van der Waals surface area (Å²) in [5.74, 6) is 1.41. The van der Waals surface area contributed by atoms with Gasteiger partial charge in [0.05, 0.1) is 11.3 Å². The third-order valence-corrected chi connectivity index (χ3v) is 7.93. The fraction of sp³-hybridized carbons (Fsp3) is 0.417. The van der Waals surface area contributed by atoms with Crippen molar-refractivity contribution >= 4 is 34.0 Å². The molecule has 0 aliphatic heterocycles. The Hall–Kier alpha value is -2.63. The molecule has 166 valence electrons. The minimum absolute atomic E-state index is 0.146. The molecule has 2 N–H and O–H groups in total. The number of nitrogens with one attached hydrogen (secondary N) is 2. The highest BCUT2D eigenvalue weighted by Crippen LogP contribution is 2.44. The third-order valence-electron chi connectivity index (χ3n) is 5.91. The van der Waals surface area contributed by atoms with Gasteiger partial charge in [0.1, 0.15) is 16.9 Å². The number of carbonyl (C=O) groups is 1. The lowest BCUT2D eigenvalue weighted by Gasteiger charge is -2.33. The maximum Gasteiger partial charge on any atom is 0.235 e. The van der Waals surface area contributed by atoms with Crippen LogP contribution in [-0.4, -0.2) is 26.8 Å². The Morgan fingerprint density at radius 3 is 2.84 bits per heavy atom. The number of carbonyl (C=O) groups excluding carboxylic acids is 1. The van der Waals surface area contributed by atoms with Crippen molar-refractivity contribution in [3.8, 4) is 6.07 Å². The first kappa shape index (κ1) is 22.6. The van der Waals surface area contributed by atoms with Crippen molar-refractivity contribution in [1.29, 1.82) is 5.26 Å². The van der Waals surface area contributed by atoms with Gasteiger partial charge in [-0.25, -0.2) is 4.98 Å². The van der Waals surface area contributed by atoms with Gasteiger partial charge in [-0.1, -0.05) is 62.9 Å². The summed E-state index contributed by atoms with van der Waals surface area (Å²) in [5.41, 5.74) is 3.15. The lowest BCUT2D eigenvalue weighted by atomic mass is 9.72. The van der Waals surface area contributed by atoms with Crippen molar-refractivity contribution in [2.45, 2.75) is 51.6 Å². The number of fused-ring (bicyclic) bond motifs is 1. The van der Waals surface area contributed by atoms with Gasteiger partial charge in [-0.3, -0.25) is 9.89 Å². The fourth-order valence-corrected chi connectivity index (χ4v) is 5.95. The van der Waals surface area contributed by atoms with Crippen molar-refractivity contribution in [2.24, 2.45) is 11.3 Å². The lowest BCUT2D eigenvalue weighted by molar-refractivity contribution is -0.113. The highest BCUT2D eigenvalue weighted by atomic mass is 32.2. The van der Waals surface area contributed by atoms with E-state index in [0.29, 0.717) is 28.1 Å². The number of aromatic nitrogens is 3. The second-order valence-corrected chi connectivity index (χ2v) is 11.2. The molecule has 32 heavy (non-hydrogen) atoms. The quantitative estimate of drug-likeness (QED) is 0.487. The van der Waals surface area contributed by atoms with E-state index in [1.807, 2.05) is 30.3 Å². The number of hydrogen-bond donors (Lipinski definition) is 2. The topological polar surface area (TPSA) is 94.5 Å². The number of thiophene rings is 1. The maximum atomic E-state index is 12.6. The van der Waals surface area contributed by atoms with Gasteiger partial charge in [-0.2, -0.15) is 5.26 Å². The molecule has 1 aromatic carbocycles. The molecule has 0 bridgehead atoms. The molecule has 6 nitrogen and oxygen atoms in total. The zero-order valence-electron chi connectivity index (χ0n) is 18.6. The molecule has 0 unspecified atom stereocenters. The molecule has 1 aliphatic rings. The second kappa shape index (κ2) is 9.47. The molecule has 0 saturated carbocycles. The summed E-state index contributed by atoms with van der Waals surface area (Å²) in [4.78, 5) is 18.3. The molecule has 1 amide bonds. The number of nitriles is 1. The van der Waals surface area contributed by atoms with E-state index >= 15 is 0 Å². The zero-order chi connectivity index (χ0) is 22.7. The van der Waals surface area contributed by atoms with E-state index in [-0.39, 0.29) is 17.1 Å². The summed E-state index contributed by atoms with van der Waals surface area (Å²) in [5, 5.41) is 21.0. The van der Waals surface area contributed by atoms with Crippen LogP contribution in [0.1, 0.15) is 54.6 Å². The van der Waals surface area contributed by atoms with Gasteiger partial charge in [0.2, 0.25) is 11.1 Å². The van der Waals surface area contributed by atoms with E-state index in [9.17, 15) is 10.1 Å². The average molecular weight is 466 g/mol. The first-order chi connectivity index (χ1) is 15.3. The van der Waals surface area contributed by atoms with Crippen LogP contribution in [-0.2, 0) is 24.1 Å². The Morgan fingerprint density at radius 2 is 2.12 bits per heavy atom. The van der Waals surface area contributed by atoms with Crippen molar-refractivity contribution < 1.29 is 4.79 Å². The first-order valence-corrected chi connectivity index (χ1v) is 12.6. The summed E-state index contributed by atoms with van der Waals surface area (Å²) in [6.45, 7) is 6.82. The van der Waals surface area contributed by atoms with E-state index in [1.165, 1.54) is 16.6 Å². The van der Waals surface area contributed by atoms with Crippen molar-refractivity contribution in [1.82, 2.24) is 15.2 Å². The Morgan fingerprint density at radius 1 is 1.34 bits per heavy atom. The fourth-order valence-electron chi connectivity index (χ4n) is 4.03. The Balaban J connectivity index is 1.36. The monoisotopic (exact) mass is 465 g/mol. The molecule has 0 radical (unpaired) electrons. The minimum atomic E-state index is -0.146. The highest BCUT2D eigenvalue weighted by Gasteiger charge is 2.32. The molecule has 2 heterocycles. The smallest absolute Gasteiger partial charge is 0.235 e. The molecule has 1 aliphatic carbocycles. The average Bonchev–Trinajstić information content (AvgIpc) is 3.35. The lowest BCUT2D eigenvalue weighted by Crippen LogP contribution is -2.26. The van der Waals surface area contributed by atoms with Crippen LogP contribution in [0.4, 0.5) is 5.00 Å². The van der Waals surface area contributed by atoms with Crippen LogP contribution >= 0.6 is 23.1 Å². The second-order valence-electron chi connectivity index (χ2n) is 9.19. The molecule has 1 atom stereocenters. The van der Waals surface area contributed by atoms with Gasteiger partial charge in [-0.15, -0.1) is 16.4 Å². The standard InChI is InChI=1S/C24H27N5OS2/c1-24(2,3)16-9-10-17-18(13-25)22(32-19(17)12-16)27-21(30)14-31-23-26-20(28-29-23)11-15-7-5-4-6-8-15/h4-8,16H,9-12,14H2,1-3H3,(H,27,30)(H,26,28,29)/t16-/m1/s1. The van der Waals surface area contributed by atoms with Gasteiger partial charge in [-0.05, 0) is 41.7 Å². The largest absolute Gasteiger partial charge is 0.316 e. The predicted molar refractivity (Wildman–Crippen MR) is 129 cm³/mol. The molecule has 4 rings (SSSR count). The van der Waals surface area contributed by atoms with Crippen LogP contribution in [0.15, 0.2) is 35.5 Å². The van der Waals surface area contributed by atoms with Crippen molar-refractivity contribution in [2.75, 3.05) is 11.1 Å². The molecule has 0 spiro atoms. The van der Waals surface area contributed by atoms with E-state index in [4.69, 9.17) is 0 Å². The number of rotatable bonds is 6. The molecular formula is C24H27N5OS2. The number of anilines is 1. The van der Waals surface area contributed by atoms with Crippen LogP contribution in [0.2, 0.25) is 0 Å². The number of thioether (sulfide) groups is 1. The Kier molecular flexibility index (Phi) is 6.68. The van der Waals surface area contributed by atoms with E-state index < -0.39 is 0 Å². The van der Waals surface area contributed by atoms with E-state index in [0.717, 1.165) is 36.2 Å². The number of H-pyrrole nitrogens is 1. The minimum Gasteiger partial charge on any atom is -0.316 e. The van der Waals surface area contributed by atoms with Crippen molar-refractivity contribution in [3.05, 3.63) is 57.7 Å². The van der Waals surface area contributed by atoms with E-state index in [2.05, 4.69) is 47.3 Å². The summed E-state index contributed by atoms with van der Waals surface area (Å²) >= 11 is 2.85. The summed E-state index contributed by atoms with van der Waals surface area (Å²) < 4.78 is 0. The van der Waals surface area contributed by atoms with E-state index in [1.54, 1.807) is 11.3 Å². The third kappa shape index (κ3) is 5.22. The number of nitrogens with zero attached hydrogens (tertiary/aromatic N) is 3. The van der Waals surface area contributed by atoms with Gasteiger partial charge in [0, 0.05) is 11.3 Å². The van der Waals surface area contributed by atoms with Crippen LogP contribution in [0.25, 0.3) is 0 Å². The number of hydrogen-bond acceptors (Lipinski definition) is 6. The first-order valence-electron chi connectivity index (χ1n) is 10.8. The van der Waals surface area contributed by atoms with Gasteiger partial charge < -0.3 is 5.32 Å². The van der Waals surface area contributed by atoms with Crippen LogP contribution in [0.3, 0.4) is 0 Å². The summed E-state index contributed by atoms with van der Waals surface area (Å²) in [6.07, 6.45) is 3.64.